The smallest absolute Gasteiger partial charge is 0.141 e. The maximum absolute atomic E-state index is 12.6. The molecular formula is C11H15FN2. The molecule has 3 heteroatoms. The second-order valence-electron chi connectivity index (χ2n) is 3.40. The molecule has 1 heterocycles. The largest absolute Gasteiger partial charge is 0.311 e. The quantitative estimate of drug-likeness (QED) is 0.745. The molecule has 14 heavy (non-hydrogen) atoms. The van der Waals surface area contributed by atoms with E-state index in [4.69, 9.17) is 0 Å². The van der Waals surface area contributed by atoms with Crippen molar-refractivity contribution >= 4 is 0 Å². The molecule has 0 aliphatic rings. The Kier molecular flexibility index (Phi) is 3.77. The number of nitrogens with zero attached hydrogens (tertiary/aromatic N) is 1. The van der Waals surface area contributed by atoms with Crippen molar-refractivity contribution in [3.63, 3.8) is 0 Å². The maximum atomic E-state index is 12.6. The monoisotopic (exact) mass is 194 g/mol. The van der Waals surface area contributed by atoms with Crippen molar-refractivity contribution in [3.05, 3.63) is 42.0 Å². The highest BCUT2D eigenvalue weighted by Crippen LogP contribution is 2.17. The molecule has 0 saturated carbocycles. The van der Waals surface area contributed by atoms with Gasteiger partial charge in [0.2, 0.25) is 0 Å². The topological polar surface area (TPSA) is 24.9 Å². The Balaban J connectivity index is 2.78. The summed E-state index contributed by atoms with van der Waals surface area (Å²) in [5, 5.41) is 3.12. The van der Waals surface area contributed by atoms with E-state index in [0.717, 1.165) is 17.7 Å². The second-order valence-corrected chi connectivity index (χ2v) is 3.40. The molecule has 0 saturated heterocycles. The summed E-state index contributed by atoms with van der Waals surface area (Å²) in [5.74, 6) is -0.307. The van der Waals surface area contributed by atoms with Crippen molar-refractivity contribution < 1.29 is 4.39 Å². The molecule has 0 amide bonds. The zero-order valence-corrected chi connectivity index (χ0v) is 8.55. The van der Waals surface area contributed by atoms with Crippen LogP contribution < -0.4 is 5.32 Å². The maximum Gasteiger partial charge on any atom is 0.141 e. The van der Waals surface area contributed by atoms with Crippen molar-refractivity contribution in [3.8, 4) is 0 Å². The molecule has 0 radical (unpaired) electrons. The highest BCUT2D eigenvalue weighted by atomic mass is 19.1. The lowest BCUT2D eigenvalue weighted by molar-refractivity contribution is 0.564. The molecule has 0 aliphatic heterocycles. The molecule has 1 aromatic rings. The highest BCUT2D eigenvalue weighted by Gasteiger charge is 2.10. The zero-order chi connectivity index (χ0) is 10.6. The number of nitrogens with one attached hydrogen (secondary N) is 1. The Bertz CT molecular complexity index is 306. The molecule has 1 rings (SSSR count). The van der Waals surface area contributed by atoms with Gasteiger partial charge < -0.3 is 5.32 Å². The van der Waals surface area contributed by atoms with E-state index < -0.39 is 0 Å². The van der Waals surface area contributed by atoms with Gasteiger partial charge in [0, 0.05) is 0 Å². The lowest BCUT2D eigenvalue weighted by Crippen LogP contribution is -2.17. The van der Waals surface area contributed by atoms with Crippen LogP contribution in [0.3, 0.4) is 0 Å². The molecule has 1 N–H and O–H groups in total. The predicted molar refractivity (Wildman–Crippen MR) is 55.4 cm³/mol. The van der Waals surface area contributed by atoms with Crippen molar-refractivity contribution in [1.29, 1.82) is 0 Å². The molecule has 1 atom stereocenters. The number of halogens is 1. The molecule has 0 fully saturated rings. The van der Waals surface area contributed by atoms with Crippen molar-refractivity contribution in [2.75, 3.05) is 7.05 Å². The Labute approximate surface area is 83.9 Å². The second kappa shape index (κ2) is 4.86. The third-order valence-corrected chi connectivity index (χ3v) is 2.01. The minimum atomic E-state index is -0.307. The Morgan fingerprint density at radius 1 is 1.64 bits per heavy atom. The van der Waals surface area contributed by atoms with Gasteiger partial charge in [0.15, 0.2) is 0 Å². The van der Waals surface area contributed by atoms with Gasteiger partial charge in [0.1, 0.15) is 5.82 Å². The number of pyridine rings is 1. The molecule has 0 bridgehead atoms. The average molecular weight is 194 g/mol. The van der Waals surface area contributed by atoms with Crippen LogP contribution in [0.15, 0.2) is 30.5 Å². The van der Waals surface area contributed by atoms with E-state index in [9.17, 15) is 4.39 Å². The van der Waals surface area contributed by atoms with Crippen LogP contribution in [0.25, 0.3) is 0 Å². The van der Waals surface area contributed by atoms with Gasteiger partial charge in [-0.2, -0.15) is 0 Å². The van der Waals surface area contributed by atoms with Crippen LogP contribution >= 0.6 is 0 Å². The summed E-state index contributed by atoms with van der Waals surface area (Å²) in [6.45, 7) is 5.81. The van der Waals surface area contributed by atoms with E-state index >= 15 is 0 Å². The molecule has 2 nitrogen and oxygen atoms in total. The number of rotatable bonds is 4. The molecule has 1 aromatic heterocycles. The van der Waals surface area contributed by atoms with Gasteiger partial charge in [-0.25, -0.2) is 4.39 Å². The zero-order valence-electron chi connectivity index (χ0n) is 8.55. The van der Waals surface area contributed by atoms with E-state index in [2.05, 4.69) is 16.9 Å². The highest BCUT2D eigenvalue weighted by molar-refractivity contribution is 5.12. The van der Waals surface area contributed by atoms with Gasteiger partial charge in [0.05, 0.1) is 17.9 Å². The van der Waals surface area contributed by atoms with Gasteiger partial charge in [-0.3, -0.25) is 4.98 Å². The van der Waals surface area contributed by atoms with Gasteiger partial charge >= 0.3 is 0 Å². The van der Waals surface area contributed by atoms with E-state index in [0.29, 0.717) is 0 Å². The first-order valence-corrected chi connectivity index (χ1v) is 4.56. The normalized spacial score (nSPS) is 12.5. The lowest BCUT2D eigenvalue weighted by Gasteiger charge is -2.15. The van der Waals surface area contributed by atoms with Crippen molar-refractivity contribution in [2.24, 2.45) is 0 Å². The molecule has 0 spiro atoms. The average Bonchev–Trinajstić information content (AvgIpc) is 2.15. The van der Waals surface area contributed by atoms with E-state index in [1.807, 2.05) is 14.0 Å². The minimum Gasteiger partial charge on any atom is -0.311 e. The first kappa shape index (κ1) is 10.9. The Hall–Kier alpha value is -1.22. The van der Waals surface area contributed by atoms with E-state index in [-0.39, 0.29) is 11.9 Å². The third kappa shape index (κ3) is 2.92. The summed E-state index contributed by atoms with van der Waals surface area (Å²) in [6.07, 6.45) is 2.05. The summed E-state index contributed by atoms with van der Waals surface area (Å²) in [6, 6.07) is 3.23. The van der Waals surface area contributed by atoms with Crippen LogP contribution in [0.4, 0.5) is 4.39 Å². The molecular weight excluding hydrogens is 179 g/mol. The molecule has 1 unspecified atom stereocenters. The van der Waals surface area contributed by atoms with Gasteiger partial charge in [-0.1, -0.05) is 5.57 Å². The standard InChI is InChI=1S/C11H15FN2/c1-8(2)6-11(13-3)10-5-4-9(12)7-14-10/h4-5,7,11,13H,1,6H2,2-3H3. The summed E-state index contributed by atoms with van der Waals surface area (Å²) in [5.41, 5.74) is 1.92. The van der Waals surface area contributed by atoms with Crippen molar-refractivity contribution in [2.45, 2.75) is 19.4 Å². The number of hydrogen-bond donors (Lipinski definition) is 1. The Morgan fingerprint density at radius 2 is 2.36 bits per heavy atom. The van der Waals surface area contributed by atoms with E-state index in [1.54, 1.807) is 6.07 Å². The fourth-order valence-corrected chi connectivity index (χ4v) is 1.30. The summed E-state index contributed by atoms with van der Waals surface area (Å²) in [7, 11) is 1.86. The lowest BCUT2D eigenvalue weighted by atomic mass is 10.1. The first-order valence-electron chi connectivity index (χ1n) is 4.56. The fourth-order valence-electron chi connectivity index (χ4n) is 1.30. The van der Waals surface area contributed by atoms with Crippen LogP contribution in [-0.4, -0.2) is 12.0 Å². The SMILES string of the molecule is C=C(C)CC(NC)c1ccc(F)cn1. The predicted octanol–water partition coefficient (Wildman–Crippen LogP) is 2.45. The van der Waals surface area contributed by atoms with Crippen molar-refractivity contribution in [1.82, 2.24) is 10.3 Å². The summed E-state index contributed by atoms with van der Waals surface area (Å²) < 4.78 is 12.6. The van der Waals surface area contributed by atoms with Crippen LogP contribution in [-0.2, 0) is 0 Å². The van der Waals surface area contributed by atoms with Gasteiger partial charge in [0.25, 0.3) is 0 Å². The minimum absolute atomic E-state index is 0.119. The molecule has 0 aromatic carbocycles. The summed E-state index contributed by atoms with van der Waals surface area (Å²) in [4.78, 5) is 4.02. The van der Waals surface area contributed by atoms with Crippen LogP contribution in [0.2, 0.25) is 0 Å². The van der Waals surface area contributed by atoms with Crippen LogP contribution in [0, 0.1) is 5.82 Å². The van der Waals surface area contributed by atoms with Crippen LogP contribution in [0.1, 0.15) is 25.1 Å². The first-order chi connectivity index (χ1) is 6.63. The van der Waals surface area contributed by atoms with E-state index in [1.165, 1.54) is 12.3 Å². The molecule has 0 aliphatic carbocycles. The van der Waals surface area contributed by atoms with Crippen LogP contribution in [0.5, 0.6) is 0 Å². The molecule has 76 valence electrons. The fraction of sp³-hybridized carbons (Fsp3) is 0.364. The van der Waals surface area contributed by atoms with Gasteiger partial charge in [-0.15, -0.1) is 6.58 Å². The number of hydrogen-bond acceptors (Lipinski definition) is 2. The third-order valence-electron chi connectivity index (χ3n) is 2.01. The summed E-state index contributed by atoms with van der Waals surface area (Å²) >= 11 is 0. The van der Waals surface area contributed by atoms with Gasteiger partial charge in [-0.05, 0) is 32.5 Å². The Morgan fingerprint density at radius 3 is 2.79 bits per heavy atom. The number of aromatic nitrogens is 1.